The highest BCUT2D eigenvalue weighted by Gasteiger charge is 2.39. The Bertz CT molecular complexity index is 5460. The number of aromatic nitrogens is 7. The number of hydrogen-bond donors (Lipinski definition) is 26. The number of nitrogens with zero attached hydrogens (tertiary/aromatic N) is 8. The molecule has 822 valence electrons. The quantitative estimate of drug-likeness (QED) is 0.00764. The zero-order valence-electron chi connectivity index (χ0n) is 81.8. The predicted molar refractivity (Wildman–Crippen MR) is 536 cm³/mol. The van der Waals surface area contributed by atoms with E-state index in [1.807, 2.05) is 19.1 Å². The second-order valence-corrected chi connectivity index (χ2v) is 39.7. The van der Waals surface area contributed by atoms with Gasteiger partial charge in [-0.3, -0.25) is 77.0 Å². The number of nitrogen functional groups attached to an aromatic ring is 1. The number of rotatable bonds is 71. The highest BCUT2D eigenvalue weighted by atomic mass is 35.5. The second-order valence-electron chi connectivity index (χ2n) is 35.5. The van der Waals surface area contributed by atoms with Crippen molar-refractivity contribution >= 4 is 161 Å². The van der Waals surface area contributed by atoms with Gasteiger partial charge in [0.05, 0.1) is 79.2 Å². The Kier molecular flexibility index (Phi) is 53.6. The van der Waals surface area contributed by atoms with Crippen molar-refractivity contribution in [2.24, 2.45) is 11.8 Å². The van der Waals surface area contributed by atoms with Crippen molar-refractivity contribution in [2.45, 2.75) is 240 Å². The molecule has 6 amide bonds. The molecule has 2 aromatic carbocycles. The summed E-state index contributed by atoms with van der Waals surface area (Å²) in [4.78, 5) is 238. The number of nitrogens with one attached hydrogen (secondary N) is 8. The van der Waals surface area contributed by atoms with Gasteiger partial charge in [0.1, 0.15) is 85.6 Å². The van der Waals surface area contributed by atoms with E-state index >= 15 is 4.79 Å². The van der Waals surface area contributed by atoms with Crippen molar-refractivity contribution in [2.75, 3.05) is 113 Å². The van der Waals surface area contributed by atoms with Crippen molar-refractivity contribution in [1.82, 2.24) is 71.7 Å². The van der Waals surface area contributed by atoms with Crippen LogP contribution in [0.25, 0.3) is 11.2 Å². The molecule has 0 radical (unpaired) electrons. The zero-order chi connectivity index (χ0) is 110. The molecule has 1 fully saturated rings. The summed E-state index contributed by atoms with van der Waals surface area (Å²) in [5.74, 6) is -14.5. The van der Waals surface area contributed by atoms with E-state index in [1.165, 1.54) is 45.3 Å². The van der Waals surface area contributed by atoms with Gasteiger partial charge in [0.2, 0.25) is 41.4 Å². The molecular formula is C94H132ClN17O34S3. The number of benzene rings is 2. The van der Waals surface area contributed by atoms with Gasteiger partial charge in [0.15, 0.2) is 45.2 Å². The Labute approximate surface area is 871 Å². The fourth-order valence-corrected chi connectivity index (χ4v) is 18.2. The molecule has 17 atom stereocenters. The Balaban J connectivity index is 1.00. The summed E-state index contributed by atoms with van der Waals surface area (Å²) >= 11 is 7.57. The molecule has 27 N–H and O–H groups in total. The van der Waals surface area contributed by atoms with Crippen LogP contribution in [0.2, 0.25) is 5.02 Å². The van der Waals surface area contributed by atoms with Gasteiger partial charge < -0.3 is 144 Å². The molecule has 6 aromatic rings. The maximum atomic E-state index is 15.0. The number of aryl methyl sites for hydroxylation is 4. The molecule has 0 bridgehead atoms. The second kappa shape index (κ2) is 64.3. The third-order valence-electron chi connectivity index (χ3n) is 24.1. The smallest absolute Gasteiger partial charge is 0.481 e. The molecule has 0 spiro atoms. The topological polar surface area (TPSA) is 828 Å². The summed E-state index contributed by atoms with van der Waals surface area (Å²) in [7, 11) is 2.50. The standard InChI is InChI=1S/C94H132ClN17O34S3/c1-49-7-5-8-57(95)56(49)39-65(120)72-45-101-93(149-72)108-73-40-74(103-50(2)102-73)112-30-28-111(29-31-112)32-33-145-94(144)146-34-36-148-147-35-6-10-62(117)58(20-23-75(127)97-42-66(121)82(135)85(138)69(124)46-113)106-89(141)54(18-27-80(133)134)38-64(119)60(22-25-77(129)99-44-68(123)84(137)87(140)71(126)48-115)107-90(142)53(17-26-79(131)132)37-63(118)59(21-24-76(128)98-43-67(122)83(136)86(139)70(125)47-114)105-78(130)11-4-3-9-61(116)52-15-12-51(13-16-52)14-19-55-41-100-88-81(104-55)91(143)110-92(96)109-88/h5,7-8,12-13,15-16,40-41,45,53-54,58-60,66-71,82-87,113-115,121-126,135-140H,3-4,6,9-11,14,17-39,42-44,46-48H2,1-2H3,(H,97,127)(H,98,128)(H,99,129)(H,105,130)(H,106,141)(H,107,142)(H,131,132)(H,133,134)(H,101,102,103,108)(H3,96,100,109,110,143)/t53-,54-,58+,59+,60+,66+,67+,68+,69-,70-,71-,82-,83-,84-,85-,86-,87-/m1/s1. The number of carbonyl (C=O) groups excluding carboxylic acids is 12. The summed E-state index contributed by atoms with van der Waals surface area (Å²) in [6, 6.07) is 8.43. The van der Waals surface area contributed by atoms with Crippen molar-refractivity contribution in [3.8, 4) is 0 Å². The number of amides is 6. The number of thiazole rings is 1. The van der Waals surface area contributed by atoms with Gasteiger partial charge in [-0.05, 0) is 101 Å². The average molecular weight is 2180 g/mol. The molecule has 7 rings (SSSR count). The summed E-state index contributed by atoms with van der Waals surface area (Å²) in [6.07, 6.45) is -31.7. The molecule has 55 heteroatoms. The number of carboxylic acid groups (broad SMARTS) is 2. The van der Waals surface area contributed by atoms with Crippen molar-refractivity contribution in [3.05, 3.63) is 115 Å². The molecule has 51 nitrogen and oxygen atoms in total. The summed E-state index contributed by atoms with van der Waals surface area (Å²) in [5.41, 5.74) is 8.34. The molecular weight excluding hydrogens is 2040 g/mol. The number of ether oxygens (including phenoxy) is 2. The number of anilines is 4. The van der Waals surface area contributed by atoms with Crippen LogP contribution in [-0.4, -0.2) is 397 Å². The normalized spacial score (nSPS) is 15.7. The molecule has 1 aliphatic heterocycles. The highest BCUT2D eigenvalue weighted by molar-refractivity contribution is 8.76. The minimum atomic E-state index is -2.20. The van der Waals surface area contributed by atoms with Crippen LogP contribution in [0.15, 0.2) is 65.7 Å². The molecule has 149 heavy (non-hydrogen) atoms. The highest BCUT2D eigenvalue weighted by Crippen LogP contribution is 2.30. The van der Waals surface area contributed by atoms with Crippen LogP contribution < -0.4 is 53.4 Å². The van der Waals surface area contributed by atoms with Crippen LogP contribution in [0.3, 0.4) is 0 Å². The number of nitrogens with two attached hydrogens (primary N) is 1. The third-order valence-corrected chi connectivity index (χ3v) is 27.9. The number of piperazine rings is 1. The number of aliphatic carboxylic acids is 2. The van der Waals surface area contributed by atoms with Crippen LogP contribution in [0.4, 0.5) is 27.5 Å². The first kappa shape index (κ1) is 124. The molecule has 0 unspecified atom stereocenters. The first-order chi connectivity index (χ1) is 70.8. The molecule has 0 aliphatic carbocycles. The average Bonchev–Trinajstić information content (AvgIpc) is 1.19. The van der Waals surface area contributed by atoms with Gasteiger partial charge in [-0.2, -0.15) is 4.98 Å². The van der Waals surface area contributed by atoms with E-state index in [4.69, 9.17) is 26.8 Å². The zero-order valence-corrected chi connectivity index (χ0v) is 85.1. The number of hydrogen-bond acceptors (Lipinski definition) is 45. The lowest BCUT2D eigenvalue weighted by molar-refractivity contribution is -0.139. The maximum absolute atomic E-state index is 15.0. The monoisotopic (exact) mass is 2170 g/mol. The number of aliphatic hydroxyl groups excluding tert-OH is 15. The van der Waals surface area contributed by atoms with Crippen molar-refractivity contribution in [1.29, 1.82) is 0 Å². The molecule has 1 aliphatic rings. The van der Waals surface area contributed by atoms with E-state index in [1.54, 1.807) is 43.3 Å². The summed E-state index contributed by atoms with van der Waals surface area (Å²) in [5, 5.41) is 189. The fraction of sp³-hybridized carbons (Fsp3) is 0.585. The number of H-pyrrole nitrogens is 1. The number of carbonyl (C=O) groups is 14. The van der Waals surface area contributed by atoms with Gasteiger partial charge in [-0.25, -0.2) is 29.7 Å². The fourth-order valence-electron chi connectivity index (χ4n) is 15.3. The largest absolute Gasteiger partial charge is 0.508 e. The van der Waals surface area contributed by atoms with Gasteiger partial charge in [0.25, 0.3) is 5.56 Å². The number of unbranched alkanes of at least 4 members (excludes halogenated alkanes) is 1. The lowest BCUT2D eigenvalue weighted by Gasteiger charge is -2.35. The maximum Gasteiger partial charge on any atom is 0.508 e. The molecule has 5 heterocycles. The van der Waals surface area contributed by atoms with Crippen LogP contribution >= 0.6 is 44.5 Å². The van der Waals surface area contributed by atoms with E-state index in [2.05, 4.69) is 81.9 Å². The Hall–Kier alpha value is -11.5. The molecule has 0 saturated carbocycles. The summed E-state index contributed by atoms with van der Waals surface area (Å²) in [6.45, 7) is 0.646. The minimum Gasteiger partial charge on any atom is -0.481 e. The van der Waals surface area contributed by atoms with E-state index in [9.17, 15) is 154 Å². The van der Waals surface area contributed by atoms with E-state index in [0.717, 1.165) is 16.7 Å². The number of halogens is 1. The lowest BCUT2D eigenvalue weighted by Crippen LogP contribution is -2.50. The van der Waals surface area contributed by atoms with Crippen molar-refractivity contribution < 1.29 is 163 Å². The Morgan fingerprint density at radius 2 is 1.03 bits per heavy atom. The lowest BCUT2D eigenvalue weighted by atomic mass is 9.89. The minimum absolute atomic E-state index is 0.00399. The number of ketones is 5. The van der Waals surface area contributed by atoms with E-state index in [-0.39, 0.29) is 98.3 Å². The number of Topliss-reactive ketones (excluding diaryl/α,β-unsaturated/α-hetero) is 5. The first-order valence-electron chi connectivity index (χ1n) is 48.1. The van der Waals surface area contributed by atoms with Gasteiger partial charge in [-0.1, -0.05) is 80.9 Å². The van der Waals surface area contributed by atoms with E-state index < -0.39 is 296 Å². The Morgan fingerprint density at radius 1 is 0.523 bits per heavy atom. The van der Waals surface area contributed by atoms with Crippen LogP contribution in [0.5, 0.6) is 0 Å². The Morgan fingerprint density at radius 3 is 1.55 bits per heavy atom. The number of carboxylic acids is 2. The molecule has 4 aromatic heterocycles. The van der Waals surface area contributed by atoms with Gasteiger partial charge in [-0.15, -0.1) is 0 Å². The van der Waals surface area contributed by atoms with Crippen LogP contribution in [0, 0.1) is 25.7 Å². The van der Waals surface area contributed by atoms with E-state index in [0.29, 0.717) is 89.3 Å². The number of aliphatic hydroxyl groups is 15. The van der Waals surface area contributed by atoms with Gasteiger partial charge in [0, 0.05) is 163 Å². The van der Waals surface area contributed by atoms with Gasteiger partial charge >= 0.3 is 18.1 Å². The third kappa shape index (κ3) is 43.0. The van der Waals surface area contributed by atoms with Crippen LogP contribution in [-0.2, 0) is 81.5 Å². The van der Waals surface area contributed by atoms with Crippen LogP contribution in [0.1, 0.15) is 164 Å². The van der Waals surface area contributed by atoms with Crippen molar-refractivity contribution in [3.63, 3.8) is 0 Å². The number of fused-ring (bicyclic) bond motifs is 1. The number of aromatic amines is 1. The SMILES string of the molecule is Cc1nc(Nc2ncc(C(=O)Cc3c(C)cccc3Cl)s2)cc(N2CCN(CCOC(=O)OCCSSCCCC(=O)[C@H](CCC(=O)NC[C@H](O)[C@@H](O)[C@H](O)[C@H](O)CO)NC(=O)[C@H](CCC(=O)O)CC(=O)[C@H](CCC(=O)NC[C@H](O)[C@@H](O)[C@H](O)[C@H](O)CO)NC(=O)[C@H](CCC(=O)O)CC(=O)[C@H](CCC(=O)NC[C@H](O)[C@@H](O)[C@H](O)[C@H](O)CO)NC(=O)CCCCC(=O)c3ccc(CCc4cnc5nc(N)[nH]c(=O)c5n4)cc3)CC2)n1. The molecule has 1 saturated heterocycles. The first-order valence-corrected chi connectivity index (χ1v) is 51.8. The predicted octanol–water partition coefficient (Wildman–Crippen LogP) is -3.45. The summed E-state index contributed by atoms with van der Waals surface area (Å²) < 4.78 is 10.6.